The predicted octanol–water partition coefficient (Wildman–Crippen LogP) is -0.734. The lowest BCUT2D eigenvalue weighted by Gasteiger charge is -2.15. The van der Waals surface area contributed by atoms with Gasteiger partial charge in [-0.05, 0) is 19.8 Å². The number of hydrogen-bond donors (Lipinski definition) is 3. The molecule has 2 rings (SSSR count). The molecule has 1 saturated heterocycles. The molecule has 7 nitrogen and oxygen atoms in total. The summed E-state index contributed by atoms with van der Waals surface area (Å²) in [4.78, 5) is 25.3. The molecule has 1 unspecified atom stereocenters. The van der Waals surface area contributed by atoms with Crippen LogP contribution in [0.1, 0.15) is 31.1 Å². The number of aliphatic hydroxyl groups excluding tert-OH is 2. The highest BCUT2D eigenvalue weighted by Gasteiger charge is 2.34. The molecule has 3 atom stereocenters. The maximum atomic E-state index is 11.8. The van der Waals surface area contributed by atoms with Crippen LogP contribution in [0.5, 0.6) is 0 Å². The van der Waals surface area contributed by atoms with Gasteiger partial charge >= 0.3 is 5.69 Å². The fourth-order valence-corrected chi connectivity index (χ4v) is 2.23. The number of aryl methyl sites for hydroxylation is 1. The number of ether oxygens (including phenoxy) is 1. The number of aliphatic hydroxyl groups is 2. The van der Waals surface area contributed by atoms with Gasteiger partial charge in [0.15, 0.2) is 0 Å². The number of aromatic amines is 1. The minimum Gasteiger partial charge on any atom is -0.396 e. The third kappa shape index (κ3) is 2.94. The Morgan fingerprint density at radius 2 is 2.42 bits per heavy atom. The Kier molecular flexibility index (Phi) is 3.77. The van der Waals surface area contributed by atoms with Crippen molar-refractivity contribution in [2.75, 3.05) is 6.61 Å². The van der Waals surface area contributed by atoms with Crippen LogP contribution < -0.4 is 11.2 Å². The highest BCUT2D eigenvalue weighted by Crippen LogP contribution is 2.29. The van der Waals surface area contributed by atoms with E-state index >= 15 is 0 Å². The molecule has 1 aromatic rings. The maximum Gasteiger partial charge on any atom is 0.330 e. The highest BCUT2D eigenvalue weighted by molar-refractivity contribution is 5.02. The van der Waals surface area contributed by atoms with E-state index in [1.165, 1.54) is 10.8 Å². The Hall–Kier alpha value is -1.44. The molecule has 0 amide bonds. The smallest absolute Gasteiger partial charge is 0.330 e. The van der Waals surface area contributed by atoms with Gasteiger partial charge in [-0.25, -0.2) is 4.79 Å². The van der Waals surface area contributed by atoms with Crippen LogP contribution in [0.3, 0.4) is 0 Å². The first-order chi connectivity index (χ1) is 9.52. The molecule has 2 heterocycles. The molecule has 1 fully saturated rings. The topological polar surface area (TPSA) is 105 Å². The summed E-state index contributed by atoms with van der Waals surface area (Å²) in [6.07, 6.45) is 1.21. The van der Waals surface area contributed by atoms with E-state index in [0.717, 1.165) is 0 Å². The molecule has 1 aromatic heterocycles. The summed E-state index contributed by atoms with van der Waals surface area (Å²) >= 11 is 0. The molecular weight excluding hydrogens is 252 g/mol. The molecule has 1 aliphatic heterocycles. The van der Waals surface area contributed by atoms with E-state index in [1.807, 2.05) is 0 Å². The van der Waals surface area contributed by atoms with Gasteiger partial charge < -0.3 is 15.0 Å². The normalized spacial score (nSPS) is 27.5. The summed E-state index contributed by atoms with van der Waals surface area (Å²) in [6, 6.07) is 0. The Labute approximate surface area is 111 Å². The van der Waals surface area contributed by atoms with Gasteiger partial charge in [-0.3, -0.25) is 14.3 Å². The first-order valence-electron chi connectivity index (χ1n) is 6.67. The molecule has 0 saturated carbocycles. The second kappa shape index (κ2) is 5.68. The minimum absolute atomic E-state index is 0.273. The average molecular weight is 272 g/mol. The summed E-state index contributed by atoms with van der Waals surface area (Å²) < 4.78 is 13.5. The van der Waals surface area contributed by atoms with E-state index in [1.54, 1.807) is 6.92 Å². The zero-order chi connectivity index (χ0) is 14.7. The molecule has 106 valence electrons. The number of aromatic nitrogens is 2. The zero-order valence-corrected chi connectivity index (χ0v) is 10.7. The van der Waals surface area contributed by atoms with Gasteiger partial charge in [0.1, 0.15) is 6.23 Å². The second-order valence-corrected chi connectivity index (χ2v) is 4.76. The van der Waals surface area contributed by atoms with Crippen molar-refractivity contribution in [3.63, 3.8) is 0 Å². The van der Waals surface area contributed by atoms with E-state index in [9.17, 15) is 14.7 Å². The van der Waals surface area contributed by atoms with Crippen LogP contribution in [-0.2, 0) is 4.74 Å². The van der Waals surface area contributed by atoms with Gasteiger partial charge in [0, 0.05) is 24.8 Å². The molecule has 3 N–H and O–H groups in total. The molecule has 1 aliphatic rings. The van der Waals surface area contributed by atoms with Gasteiger partial charge in [0.2, 0.25) is 1.43 Å². The molecule has 19 heavy (non-hydrogen) atoms. The molecule has 0 aromatic carbocycles. The van der Waals surface area contributed by atoms with Crippen molar-refractivity contribution in [3.8, 4) is 0 Å². The zero-order valence-electron chi connectivity index (χ0n) is 11.7. The fraction of sp³-hybridized carbons (Fsp3) is 0.667. The molecular formula is C12H18N2O5. The lowest BCUT2D eigenvalue weighted by atomic mass is 10.1. The van der Waals surface area contributed by atoms with Crippen LogP contribution in [0, 0.1) is 6.92 Å². The van der Waals surface area contributed by atoms with Crippen LogP contribution in [-0.4, -0.2) is 40.0 Å². The number of rotatable bonds is 5. The summed E-state index contributed by atoms with van der Waals surface area (Å²) in [5.74, 6) is 0. The second-order valence-electron chi connectivity index (χ2n) is 4.76. The summed E-state index contributed by atoms with van der Waals surface area (Å²) in [6.45, 7) is 1.87. The van der Waals surface area contributed by atoms with E-state index < -0.39 is 29.7 Å². The predicted molar refractivity (Wildman–Crippen MR) is 66.9 cm³/mol. The Morgan fingerprint density at radius 1 is 1.63 bits per heavy atom. The summed E-state index contributed by atoms with van der Waals surface area (Å²) in [5.41, 5.74) is -0.560. The van der Waals surface area contributed by atoms with E-state index in [-0.39, 0.29) is 13.0 Å². The molecule has 0 aliphatic carbocycles. The number of H-pyrrole nitrogens is 1. The minimum atomic E-state index is -0.676. The first kappa shape index (κ1) is 12.6. The Bertz CT molecular complexity index is 570. The lowest BCUT2D eigenvalue weighted by Crippen LogP contribution is -2.33. The van der Waals surface area contributed by atoms with E-state index in [0.29, 0.717) is 18.4 Å². The maximum absolute atomic E-state index is 11.8. The third-order valence-electron chi connectivity index (χ3n) is 3.29. The summed E-state index contributed by atoms with van der Waals surface area (Å²) in [7, 11) is 0. The van der Waals surface area contributed by atoms with Crippen molar-refractivity contribution >= 4 is 0 Å². The SMILES string of the molecule is [3H]OCCC[C@H]1O[C@@H](n2cc(C)c(=O)[nH]c2=O)CC1O. The standard InChI is InChI=1S/C12H18N2O5/c1-7-6-14(12(18)13-11(7)17)10-5-8(16)9(19-10)3-2-4-15/h6,8-10,15-16H,2-5H2,1H3,(H,13,17,18)/t8?,9-,10-/m1/s1/i15T. The first-order valence-corrected chi connectivity index (χ1v) is 6.26. The Balaban J connectivity index is 2.10. The van der Waals surface area contributed by atoms with Crippen LogP contribution >= 0.6 is 0 Å². The molecule has 0 spiro atoms. The van der Waals surface area contributed by atoms with Gasteiger partial charge in [0.25, 0.3) is 5.56 Å². The van der Waals surface area contributed by atoms with Gasteiger partial charge in [-0.15, -0.1) is 0 Å². The lowest BCUT2D eigenvalue weighted by molar-refractivity contribution is -0.0267. The quantitative estimate of drug-likeness (QED) is 0.613. The van der Waals surface area contributed by atoms with Crippen LogP contribution in [0.25, 0.3) is 0 Å². The van der Waals surface area contributed by atoms with Crippen LogP contribution in [0.15, 0.2) is 15.8 Å². The van der Waals surface area contributed by atoms with Gasteiger partial charge in [-0.1, -0.05) is 0 Å². The van der Waals surface area contributed by atoms with Crippen molar-refractivity contribution in [2.45, 2.75) is 44.6 Å². The van der Waals surface area contributed by atoms with Crippen molar-refractivity contribution in [3.05, 3.63) is 32.6 Å². The molecule has 0 radical (unpaired) electrons. The van der Waals surface area contributed by atoms with Crippen LogP contribution in [0.2, 0.25) is 0 Å². The van der Waals surface area contributed by atoms with E-state index in [4.69, 9.17) is 6.17 Å². The number of hydrogen-bond acceptors (Lipinski definition) is 5. The van der Waals surface area contributed by atoms with Gasteiger partial charge in [0.05, 0.1) is 12.2 Å². The monoisotopic (exact) mass is 272 g/mol. The van der Waals surface area contributed by atoms with E-state index in [2.05, 4.69) is 10.1 Å². The van der Waals surface area contributed by atoms with Gasteiger partial charge in [-0.2, -0.15) is 0 Å². The van der Waals surface area contributed by atoms with Crippen molar-refractivity contribution < 1.29 is 15.0 Å². The fourth-order valence-electron chi connectivity index (χ4n) is 2.23. The highest BCUT2D eigenvalue weighted by atomic mass is 16.5. The third-order valence-corrected chi connectivity index (χ3v) is 3.29. The van der Waals surface area contributed by atoms with Crippen molar-refractivity contribution in [1.82, 2.24) is 9.55 Å². The van der Waals surface area contributed by atoms with Crippen molar-refractivity contribution in [1.29, 1.82) is 1.43 Å². The number of nitrogens with one attached hydrogen (secondary N) is 1. The number of nitrogens with zero attached hydrogens (tertiary/aromatic N) is 1. The Morgan fingerprint density at radius 3 is 3.16 bits per heavy atom. The molecule has 7 heteroatoms. The average Bonchev–Trinajstić information content (AvgIpc) is 2.76. The summed E-state index contributed by atoms with van der Waals surface area (Å²) in [5, 5.41) is 14.1. The largest absolute Gasteiger partial charge is 0.396 e. The van der Waals surface area contributed by atoms with Crippen LogP contribution in [0.4, 0.5) is 0 Å². The molecule has 0 bridgehead atoms. The van der Waals surface area contributed by atoms with Crippen molar-refractivity contribution in [2.24, 2.45) is 0 Å².